The molecule has 7 heteroatoms. The summed E-state index contributed by atoms with van der Waals surface area (Å²) in [4.78, 5) is 14.8. The summed E-state index contributed by atoms with van der Waals surface area (Å²) in [5, 5.41) is 4.07. The van der Waals surface area contributed by atoms with E-state index in [1.165, 1.54) is 37.1 Å². The van der Waals surface area contributed by atoms with Gasteiger partial charge in [-0.05, 0) is 31.6 Å². The average Bonchev–Trinajstić information content (AvgIpc) is 2.76. The van der Waals surface area contributed by atoms with Gasteiger partial charge in [-0.25, -0.2) is 4.68 Å². The maximum atomic E-state index is 12.9. The molecule has 3 rings (SSSR count). The van der Waals surface area contributed by atoms with Crippen molar-refractivity contribution in [1.29, 1.82) is 0 Å². The smallest absolute Gasteiger partial charge is 0.388 e. The van der Waals surface area contributed by atoms with E-state index in [0.29, 0.717) is 5.92 Å². The number of aromatic nitrogens is 2. The van der Waals surface area contributed by atoms with Gasteiger partial charge in [0.25, 0.3) is 5.91 Å². The summed E-state index contributed by atoms with van der Waals surface area (Å²) in [6, 6.07) is 1.58. The molecule has 5 nitrogen and oxygen atoms in total. The Balaban J connectivity index is 1.80. The van der Waals surface area contributed by atoms with Gasteiger partial charge in [0, 0.05) is 25.7 Å². The number of fused-ring (bicyclic) bond motifs is 1. The van der Waals surface area contributed by atoms with Gasteiger partial charge in [-0.1, -0.05) is 19.3 Å². The molecule has 2 atom stereocenters. The van der Waals surface area contributed by atoms with Crippen LogP contribution in [0, 0.1) is 5.92 Å². The van der Waals surface area contributed by atoms with Crippen molar-refractivity contribution < 1.29 is 18.3 Å². The molecule has 1 aliphatic carbocycles. The third kappa shape index (κ3) is 3.48. The second-order valence-electron chi connectivity index (χ2n) is 6.48. The lowest BCUT2D eigenvalue weighted by atomic mass is 9.81. The maximum Gasteiger partial charge on any atom is 0.388 e. The summed E-state index contributed by atoms with van der Waals surface area (Å²) >= 11 is 0. The first-order valence-corrected chi connectivity index (χ1v) is 8.36. The van der Waals surface area contributed by atoms with Gasteiger partial charge in [0.2, 0.25) is 5.88 Å². The van der Waals surface area contributed by atoms with Crippen LogP contribution >= 0.6 is 0 Å². The Morgan fingerprint density at radius 2 is 1.96 bits per heavy atom. The highest BCUT2D eigenvalue weighted by molar-refractivity contribution is 5.93. The van der Waals surface area contributed by atoms with Crippen molar-refractivity contribution in [3.63, 3.8) is 0 Å². The topological polar surface area (TPSA) is 47.4 Å². The van der Waals surface area contributed by atoms with Gasteiger partial charge >= 0.3 is 6.61 Å². The van der Waals surface area contributed by atoms with Crippen molar-refractivity contribution in [2.75, 3.05) is 6.54 Å². The van der Waals surface area contributed by atoms with Crippen LogP contribution in [0.4, 0.5) is 8.78 Å². The number of halogens is 2. The van der Waals surface area contributed by atoms with Crippen molar-refractivity contribution in [2.24, 2.45) is 13.0 Å². The Bertz CT molecular complexity index is 562. The van der Waals surface area contributed by atoms with Crippen LogP contribution < -0.4 is 4.74 Å². The summed E-state index contributed by atoms with van der Waals surface area (Å²) in [7, 11) is 1.50. The first-order valence-electron chi connectivity index (χ1n) is 8.36. The monoisotopic (exact) mass is 327 g/mol. The van der Waals surface area contributed by atoms with Crippen molar-refractivity contribution in [2.45, 2.75) is 57.6 Å². The molecule has 2 aliphatic rings. The van der Waals surface area contributed by atoms with Crippen LogP contribution in [-0.2, 0) is 7.05 Å². The highest BCUT2D eigenvalue weighted by Crippen LogP contribution is 2.35. The Labute approximate surface area is 134 Å². The minimum atomic E-state index is -2.92. The van der Waals surface area contributed by atoms with Gasteiger partial charge in [0.05, 0.1) is 0 Å². The largest absolute Gasteiger partial charge is 0.417 e. The van der Waals surface area contributed by atoms with Crippen molar-refractivity contribution in [3.05, 3.63) is 11.8 Å². The lowest BCUT2D eigenvalue weighted by molar-refractivity contribution is -0.0553. The van der Waals surface area contributed by atoms with Crippen molar-refractivity contribution in [3.8, 4) is 5.88 Å². The third-order valence-corrected chi connectivity index (χ3v) is 5.02. The van der Waals surface area contributed by atoms with E-state index >= 15 is 0 Å². The van der Waals surface area contributed by atoms with Crippen LogP contribution in [-0.4, -0.2) is 39.8 Å². The second-order valence-corrected chi connectivity index (χ2v) is 6.48. The number of ether oxygens (including phenoxy) is 1. The molecular weight excluding hydrogens is 304 g/mol. The van der Waals surface area contributed by atoms with Crippen LogP contribution in [0.5, 0.6) is 5.88 Å². The predicted molar refractivity (Wildman–Crippen MR) is 80.5 cm³/mol. The summed E-state index contributed by atoms with van der Waals surface area (Å²) in [5.41, 5.74) is 0.189. The number of carbonyl (C=O) groups excluding carboxylic acids is 1. The molecule has 1 aromatic rings. The Morgan fingerprint density at radius 3 is 2.70 bits per heavy atom. The average molecular weight is 327 g/mol. The zero-order valence-corrected chi connectivity index (χ0v) is 13.4. The minimum absolute atomic E-state index is 0.0848. The number of hydrogen-bond donors (Lipinski definition) is 0. The molecule has 1 amide bonds. The van der Waals surface area contributed by atoms with Gasteiger partial charge in [0.15, 0.2) is 5.69 Å². The van der Waals surface area contributed by atoms with Gasteiger partial charge in [-0.2, -0.15) is 13.9 Å². The van der Waals surface area contributed by atoms with Crippen LogP contribution in [0.2, 0.25) is 0 Å². The molecule has 1 saturated carbocycles. The SMILES string of the molecule is Cn1nc(C(=O)N2CCCCC3CCCCC32)cc1OC(F)F. The van der Waals surface area contributed by atoms with Gasteiger partial charge < -0.3 is 9.64 Å². The van der Waals surface area contributed by atoms with Crippen molar-refractivity contribution >= 4 is 5.91 Å². The number of carbonyl (C=O) groups is 1. The molecule has 2 unspecified atom stereocenters. The number of rotatable bonds is 3. The zero-order chi connectivity index (χ0) is 16.4. The van der Waals surface area contributed by atoms with E-state index in [2.05, 4.69) is 9.84 Å². The Hall–Kier alpha value is -1.66. The van der Waals surface area contributed by atoms with Gasteiger partial charge in [-0.15, -0.1) is 0 Å². The molecule has 0 N–H and O–H groups in total. The number of alkyl halides is 2. The normalized spacial score (nSPS) is 25.1. The molecule has 0 spiro atoms. The van der Waals surface area contributed by atoms with Crippen LogP contribution in [0.1, 0.15) is 55.4 Å². The highest BCUT2D eigenvalue weighted by Gasteiger charge is 2.35. The quantitative estimate of drug-likeness (QED) is 0.856. The molecule has 1 saturated heterocycles. The minimum Gasteiger partial charge on any atom is -0.417 e. The Kier molecular flexibility index (Phi) is 4.82. The molecule has 1 aliphatic heterocycles. The van der Waals surface area contributed by atoms with Crippen LogP contribution in [0.15, 0.2) is 6.07 Å². The van der Waals surface area contributed by atoms with Crippen molar-refractivity contribution in [1.82, 2.24) is 14.7 Å². The molecule has 1 aromatic heterocycles. The van der Waals surface area contributed by atoms with Crippen LogP contribution in [0.3, 0.4) is 0 Å². The molecular formula is C16H23F2N3O2. The lowest BCUT2D eigenvalue weighted by Crippen LogP contribution is -2.45. The first kappa shape index (κ1) is 16.2. The second kappa shape index (κ2) is 6.84. The molecule has 0 radical (unpaired) electrons. The molecule has 23 heavy (non-hydrogen) atoms. The highest BCUT2D eigenvalue weighted by atomic mass is 19.3. The van der Waals surface area contributed by atoms with E-state index in [-0.39, 0.29) is 23.5 Å². The Morgan fingerprint density at radius 1 is 1.26 bits per heavy atom. The molecule has 128 valence electrons. The summed E-state index contributed by atoms with van der Waals surface area (Å²) in [5.74, 6) is 0.317. The molecule has 2 fully saturated rings. The lowest BCUT2D eigenvalue weighted by Gasteiger charge is -2.37. The molecule has 2 heterocycles. The number of hydrogen-bond acceptors (Lipinski definition) is 3. The van der Waals surface area contributed by atoms with Crippen LogP contribution in [0.25, 0.3) is 0 Å². The number of nitrogens with zero attached hydrogens (tertiary/aromatic N) is 3. The van der Waals surface area contributed by atoms with E-state index in [0.717, 1.165) is 32.2 Å². The number of aryl methyl sites for hydroxylation is 1. The fourth-order valence-corrected chi connectivity index (χ4v) is 3.95. The molecule has 0 bridgehead atoms. The van der Waals surface area contributed by atoms with E-state index in [4.69, 9.17) is 0 Å². The summed E-state index contributed by atoms with van der Waals surface area (Å²) in [6.45, 7) is -2.20. The first-order chi connectivity index (χ1) is 11.1. The maximum absolute atomic E-state index is 12.9. The summed E-state index contributed by atoms with van der Waals surface area (Å²) < 4.78 is 30.3. The number of amides is 1. The van der Waals surface area contributed by atoms with E-state index in [9.17, 15) is 13.6 Å². The van der Waals surface area contributed by atoms with E-state index in [1.807, 2.05) is 4.90 Å². The predicted octanol–water partition coefficient (Wildman–Crippen LogP) is 3.21. The standard InChI is InChI=1S/C16H23F2N3O2/c1-20-14(23-16(17)18)10-12(19-20)15(22)21-9-5-4-7-11-6-2-3-8-13(11)21/h10-11,13,16H,2-9H2,1H3. The fraction of sp³-hybridized carbons (Fsp3) is 0.750. The third-order valence-electron chi connectivity index (χ3n) is 5.02. The molecule has 0 aromatic carbocycles. The zero-order valence-electron chi connectivity index (χ0n) is 13.4. The van der Waals surface area contributed by atoms with E-state index < -0.39 is 6.61 Å². The van der Waals surface area contributed by atoms with E-state index in [1.54, 1.807) is 0 Å². The van der Waals surface area contributed by atoms with Gasteiger partial charge in [0.1, 0.15) is 0 Å². The van der Waals surface area contributed by atoms with Gasteiger partial charge in [-0.3, -0.25) is 4.79 Å². The summed E-state index contributed by atoms with van der Waals surface area (Å²) in [6.07, 6.45) is 7.90. The number of likely N-dealkylation sites (tertiary alicyclic amines) is 1. The fourth-order valence-electron chi connectivity index (χ4n) is 3.95.